The van der Waals surface area contributed by atoms with Crippen molar-refractivity contribution in [3.8, 4) is 45.0 Å². The molecule has 1 aliphatic rings. The fourth-order valence-electron chi connectivity index (χ4n) is 4.95. The SMILES string of the molecule is [2H]c1c([2H])c([2H])c(-c2nc(-c3cccc(C4=CNCC=C4)c3)cc(-c3cccc(-c4ccc5ccccc5c4)c3)n2)c([2H])c1[2H]. The van der Waals surface area contributed by atoms with E-state index in [0.29, 0.717) is 11.4 Å². The summed E-state index contributed by atoms with van der Waals surface area (Å²) >= 11 is 0. The molecule has 0 amide bonds. The highest BCUT2D eigenvalue weighted by Crippen LogP contribution is 2.32. The molecule has 0 saturated heterocycles. The molecule has 0 fully saturated rings. The molecule has 0 aliphatic carbocycles. The van der Waals surface area contributed by atoms with Gasteiger partial charge in [0.05, 0.1) is 18.2 Å². The minimum Gasteiger partial charge on any atom is -0.387 e. The number of fused-ring (bicyclic) bond motifs is 1. The molecule has 2 heterocycles. The Hall–Kier alpha value is -5.28. The summed E-state index contributed by atoms with van der Waals surface area (Å²) in [6.07, 6.45) is 6.10. The van der Waals surface area contributed by atoms with E-state index in [2.05, 4.69) is 59.9 Å². The minimum absolute atomic E-state index is 0.0342. The van der Waals surface area contributed by atoms with Crippen LogP contribution in [0.2, 0.25) is 0 Å². The molecule has 1 aromatic heterocycles. The van der Waals surface area contributed by atoms with E-state index >= 15 is 0 Å². The van der Waals surface area contributed by atoms with E-state index in [-0.39, 0.29) is 23.5 Å². The van der Waals surface area contributed by atoms with E-state index in [9.17, 15) is 0 Å². The monoisotopic (exact) mass is 518 g/mol. The van der Waals surface area contributed by atoms with Gasteiger partial charge in [0.1, 0.15) is 0 Å². The second kappa shape index (κ2) is 10.5. The van der Waals surface area contributed by atoms with Crippen molar-refractivity contribution in [3.05, 3.63) is 151 Å². The molecule has 5 aromatic carbocycles. The van der Waals surface area contributed by atoms with Gasteiger partial charge in [-0.1, -0.05) is 115 Å². The van der Waals surface area contributed by atoms with E-state index in [1.807, 2.05) is 60.8 Å². The zero-order valence-electron chi connectivity index (χ0n) is 26.6. The zero-order chi connectivity index (χ0) is 31.1. The number of benzene rings is 5. The zero-order valence-corrected chi connectivity index (χ0v) is 21.6. The van der Waals surface area contributed by atoms with E-state index in [0.717, 1.165) is 45.3 Å². The largest absolute Gasteiger partial charge is 0.387 e. The van der Waals surface area contributed by atoms with Gasteiger partial charge in [-0.2, -0.15) is 0 Å². The Balaban J connectivity index is 1.41. The third-order valence-corrected chi connectivity index (χ3v) is 6.97. The van der Waals surface area contributed by atoms with Crippen molar-refractivity contribution in [2.75, 3.05) is 6.54 Å². The molecule has 0 saturated carbocycles. The van der Waals surface area contributed by atoms with Crippen LogP contribution >= 0.6 is 0 Å². The van der Waals surface area contributed by atoms with Gasteiger partial charge >= 0.3 is 0 Å². The van der Waals surface area contributed by atoms with E-state index in [4.69, 9.17) is 16.8 Å². The summed E-state index contributed by atoms with van der Waals surface area (Å²) in [4.78, 5) is 9.62. The van der Waals surface area contributed by atoms with Crippen LogP contribution in [-0.4, -0.2) is 16.5 Å². The Morgan fingerprint density at radius 2 is 1.25 bits per heavy atom. The van der Waals surface area contributed by atoms with Gasteiger partial charge in [0, 0.05) is 29.4 Å². The molecule has 1 N–H and O–H groups in total. The lowest BCUT2D eigenvalue weighted by atomic mass is 9.97. The first-order valence-corrected chi connectivity index (χ1v) is 13.1. The van der Waals surface area contributed by atoms with Crippen molar-refractivity contribution in [2.24, 2.45) is 0 Å². The van der Waals surface area contributed by atoms with Crippen LogP contribution in [0.5, 0.6) is 0 Å². The average molecular weight is 519 g/mol. The molecule has 190 valence electrons. The number of hydrogen-bond acceptors (Lipinski definition) is 3. The number of nitrogens with one attached hydrogen (secondary N) is 1. The molecule has 3 nitrogen and oxygen atoms in total. The lowest BCUT2D eigenvalue weighted by Crippen LogP contribution is -2.08. The highest BCUT2D eigenvalue weighted by molar-refractivity contribution is 5.88. The van der Waals surface area contributed by atoms with Crippen LogP contribution < -0.4 is 5.32 Å². The van der Waals surface area contributed by atoms with Crippen LogP contribution in [-0.2, 0) is 0 Å². The molecule has 0 unspecified atom stereocenters. The second-order valence-electron chi connectivity index (χ2n) is 9.60. The summed E-state index contributed by atoms with van der Waals surface area (Å²) in [6, 6.07) is 30.5. The van der Waals surface area contributed by atoms with Gasteiger partial charge in [-0.25, -0.2) is 9.97 Å². The molecule has 0 radical (unpaired) electrons. The van der Waals surface area contributed by atoms with Crippen molar-refractivity contribution >= 4 is 16.3 Å². The van der Waals surface area contributed by atoms with E-state index in [1.54, 1.807) is 0 Å². The minimum atomic E-state index is -0.455. The first kappa shape index (κ1) is 18.9. The summed E-state index contributed by atoms with van der Waals surface area (Å²) < 4.78 is 41.9. The lowest BCUT2D eigenvalue weighted by Gasteiger charge is -2.13. The predicted molar refractivity (Wildman–Crippen MR) is 166 cm³/mol. The van der Waals surface area contributed by atoms with Crippen molar-refractivity contribution in [1.29, 1.82) is 0 Å². The first-order chi connectivity index (χ1) is 21.9. The molecule has 40 heavy (non-hydrogen) atoms. The maximum Gasteiger partial charge on any atom is 0.160 e. The number of allylic oxidation sites excluding steroid dienone is 2. The van der Waals surface area contributed by atoms with Crippen LogP contribution in [0, 0.1) is 0 Å². The third kappa shape index (κ3) is 4.81. The first-order valence-electron chi connectivity index (χ1n) is 15.6. The van der Waals surface area contributed by atoms with E-state index < -0.39 is 18.1 Å². The standard InChI is InChI=1S/C37H27N3/c1-2-10-27(11-3-1)37-39-35(24-36(40-37)33-16-7-14-30(23-33)34-17-8-20-38-25-34)32-15-6-13-29(22-32)31-19-18-26-9-4-5-12-28(26)21-31/h1-19,21-25,38H,20H2/i1D,2D,3D,10D,11D. The van der Waals surface area contributed by atoms with Gasteiger partial charge < -0.3 is 5.32 Å². The molecule has 7 rings (SSSR count). The second-order valence-corrected chi connectivity index (χ2v) is 9.60. The average Bonchev–Trinajstić information content (AvgIpc) is 3.10. The van der Waals surface area contributed by atoms with Crippen LogP contribution in [0.25, 0.3) is 61.4 Å². The van der Waals surface area contributed by atoms with Gasteiger partial charge in [-0.05, 0) is 57.3 Å². The Labute approximate surface area is 241 Å². The molecular weight excluding hydrogens is 486 g/mol. The number of hydrogen-bond donors (Lipinski definition) is 1. The van der Waals surface area contributed by atoms with Gasteiger partial charge in [0.15, 0.2) is 5.82 Å². The van der Waals surface area contributed by atoms with Gasteiger partial charge in [-0.15, -0.1) is 0 Å². The summed E-state index contributed by atoms with van der Waals surface area (Å²) in [5.41, 5.74) is 6.85. The molecule has 0 bridgehead atoms. The van der Waals surface area contributed by atoms with Crippen molar-refractivity contribution in [1.82, 2.24) is 15.3 Å². The van der Waals surface area contributed by atoms with Gasteiger partial charge in [0.2, 0.25) is 0 Å². The fraction of sp³-hybridized carbons (Fsp3) is 0.0270. The summed E-state index contributed by atoms with van der Waals surface area (Å²) in [6.45, 7) is 0.776. The molecule has 0 spiro atoms. The Morgan fingerprint density at radius 1 is 0.575 bits per heavy atom. The molecular formula is C37H27N3. The highest BCUT2D eigenvalue weighted by atomic mass is 14.9. The van der Waals surface area contributed by atoms with Crippen molar-refractivity contribution in [3.63, 3.8) is 0 Å². The summed E-state index contributed by atoms with van der Waals surface area (Å²) in [7, 11) is 0. The maximum absolute atomic E-state index is 8.63. The highest BCUT2D eigenvalue weighted by Gasteiger charge is 2.13. The van der Waals surface area contributed by atoms with Gasteiger partial charge in [0.25, 0.3) is 0 Å². The molecule has 3 heteroatoms. The number of nitrogens with zero attached hydrogens (tertiary/aromatic N) is 2. The topological polar surface area (TPSA) is 37.8 Å². The normalized spacial score (nSPS) is 14.4. The smallest absolute Gasteiger partial charge is 0.160 e. The lowest BCUT2D eigenvalue weighted by molar-refractivity contribution is 0.976. The van der Waals surface area contributed by atoms with Gasteiger partial charge in [-0.3, -0.25) is 0 Å². The number of dihydropyridines is 1. The van der Waals surface area contributed by atoms with E-state index in [1.165, 1.54) is 5.39 Å². The third-order valence-electron chi connectivity index (χ3n) is 6.97. The maximum atomic E-state index is 8.63. The van der Waals surface area contributed by atoms with Crippen LogP contribution in [0.1, 0.15) is 12.4 Å². The van der Waals surface area contributed by atoms with Crippen molar-refractivity contribution in [2.45, 2.75) is 0 Å². The summed E-state index contributed by atoms with van der Waals surface area (Å²) in [5.74, 6) is 0.0689. The molecule has 6 aromatic rings. The number of aromatic nitrogens is 2. The van der Waals surface area contributed by atoms with Crippen molar-refractivity contribution < 1.29 is 6.85 Å². The Bertz CT molecular complexity index is 2160. The molecule has 0 atom stereocenters. The summed E-state index contributed by atoms with van der Waals surface area (Å²) in [5, 5.41) is 5.55. The Kier molecular flexibility index (Phi) is 4.94. The predicted octanol–water partition coefficient (Wildman–Crippen LogP) is 8.80. The van der Waals surface area contributed by atoms with Crippen LogP contribution in [0.3, 0.4) is 0 Å². The van der Waals surface area contributed by atoms with Crippen LogP contribution in [0.4, 0.5) is 0 Å². The fourth-order valence-corrected chi connectivity index (χ4v) is 4.95. The van der Waals surface area contributed by atoms with Crippen LogP contribution in [0.15, 0.2) is 146 Å². The molecule has 1 aliphatic heterocycles. The quantitative estimate of drug-likeness (QED) is 0.248. The number of rotatable bonds is 5. The Morgan fingerprint density at radius 3 is 2.00 bits per heavy atom.